The fourth-order valence-corrected chi connectivity index (χ4v) is 2.15. The monoisotopic (exact) mass is 434 g/mol. The van der Waals surface area contributed by atoms with Gasteiger partial charge in [-0.05, 0) is 27.0 Å². The van der Waals surface area contributed by atoms with E-state index in [2.05, 4.69) is 47.1 Å². The molecule has 0 spiro atoms. The Balaban J connectivity index is 0.00000484. The van der Waals surface area contributed by atoms with E-state index in [1.807, 2.05) is 32.3 Å². The SMILES string of the molecule is CN=C(NCCN(C)C(C)C)N(C)Cc1ccccc1OC.I. The number of hydrogen-bond donors (Lipinski definition) is 1. The van der Waals surface area contributed by atoms with Crippen molar-refractivity contribution in [3.8, 4) is 5.75 Å². The van der Waals surface area contributed by atoms with E-state index in [0.29, 0.717) is 6.04 Å². The lowest BCUT2D eigenvalue weighted by atomic mass is 10.2. The van der Waals surface area contributed by atoms with Gasteiger partial charge >= 0.3 is 0 Å². The molecular weight excluding hydrogens is 403 g/mol. The van der Waals surface area contributed by atoms with Gasteiger partial charge in [0.25, 0.3) is 0 Å². The van der Waals surface area contributed by atoms with Crippen LogP contribution in [0.1, 0.15) is 19.4 Å². The summed E-state index contributed by atoms with van der Waals surface area (Å²) in [5, 5.41) is 3.41. The van der Waals surface area contributed by atoms with Crippen LogP contribution in [0.4, 0.5) is 0 Å². The van der Waals surface area contributed by atoms with Crippen LogP contribution in [-0.2, 0) is 6.54 Å². The maximum absolute atomic E-state index is 5.40. The van der Waals surface area contributed by atoms with Gasteiger partial charge in [0.15, 0.2) is 5.96 Å². The highest BCUT2D eigenvalue weighted by Gasteiger charge is 2.10. The highest BCUT2D eigenvalue weighted by Crippen LogP contribution is 2.18. The van der Waals surface area contributed by atoms with E-state index in [1.165, 1.54) is 0 Å². The summed E-state index contributed by atoms with van der Waals surface area (Å²) < 4.78 is 5.40. The van der Waals surface area contributed by atoms with Crippen LogP contribution in [0.5, 0.6) is 5.75 Å². The molecule has 0 aromatic heterocycles. The van der Waals surface area contributed by atoms with Crippen LogP contribution in [0.2, 0.25) is 0 Å². The number of nitrogens with one attached hydrogen (secondary N) is 1. The van der Waals surface area contributed by atoms with E-state index in [9.17, 15) is 0 Å². The first-order valence-corrected chi connectivity index (χ1v) is 7.73. The van der Waals surface area contributed by atoms with Crippen molar-refractivity contribution in [1.82, 2.24) is 15.1 Å². The van der Waals surface area contributed by atoms with Gasteiger partial charge in [-0.2, -0.15) is 0 Å². The number of nitrogens with zero attached hydrogens (tertiary/aromatic N) is 3. The maximum atomic E-state index is 5.40. The van der Waals surface area contributed by atoms with Crippen molar-refractivity contribution < 1.29 is 4.74 Å². The molecule has 1 aromatic rings. The molecule has 1 rings (SSSR count). The normalized spacial score (nSPS) is 11.4. The number of ether oxygens (including phenoxy) is 1. The second-order valence-electron chi connectivity index (χ2n) is 5.72. The van der Waals surface area contributed by atoms with E-state index in [1.54, 1.807) is 7.11 Å². The van der Waals surface area contributed by atoms with Gasteiger partial charge in [-0.15, -0.1) is 24.0 Å². The first-order chi connectivity index (χ1) is 10.5. The molecule has 0 unspecified atom stereocenters. The van der Waals surface area contributed by atoms with E-state index in [-0.39, 0.29) is 24.0 Å². The van der Waals surface area contributed by atoms with Gasteiger partial charge in [0.1, 0.15) is 5.75 Å². The number of para-hydroxylation sites is 1. The second-order valence-corrected chi connectivity index (χ2v) is 5.72. The minimum absolute atomic E-state index is 0. The number of rotatable bonds is 7. The summed E-state index contributed by atoms with van der Waals surface area (Å²) in [5.74, 6) is 1.80. The predicted octanol–water partition coefficient (Wildman–Crippen LogP) is 2.66. The van der Waals surface area contributed by atoms with Gasteiger partial charge in [0, 0.05) is 45.3 Å². The van der Waals surface area contributed by atoms with Gasteiger partial charge in [-0.25, -0.2) is 0 Å². The molecule has 1 aromatic carbocycles. The lowest BCUT2D eigenvalue weighted by Gasteiger charge is -2.25. The fourth-order valence-electron chi connectivity index (χ4n) is 2.15. The molecule has 0 fully saturated rings. The largest absolute Gasteiger partial charge is 0.496 e. The molecule has 0 amide bonds. The smallest absolute Gasteiger partial charge is 0.193 e. The minimum Gasteiger partial charge on any atom is -0.496 e. The van der Waals surface area contributed by atoms with E-state index in [0.717, 1.165) is 36.9 Å². The third kappa shape index (κ3) is 7.39. The van der Waals surface area contributed by atoms with Gasteiger partial charge < -0.3 is 19.9 Å². The quantitative estimate of drug-likeness (QED) is 0.407. The Morgan fingerprint density at radius 2 is 1.91 bits per heavy atom. The Labute approximate surface area is 158 Å². The summed E-state index contributed by atoms with van der Waals surface area (Å²) >= 11 is 0. The van der Waals surface area contributed by atoms with Gasteiger partial charge in [-0.1, -0.05) is 18.2 Å². The highest BCUT2D eigenvalue weighted by atomic mass is 127. The Morgan fingerprint density at radius 3 is 2.48 bits per heavy atom. The van der Waals surface area contributed by atoms with E-state index < -0.39 is 0 Å². The predicted molar refractivity (Wildman–Crippen MR) is 109 cm³/mol. The van der Waals surface area contributed by atoms with Crippen LogP contribution in [-0.4, -0.2) is 63.1 Å². The average molecular weight is 434 g/mol. The number of guanidine groups is 1. The molecule has 0 bridgehead atoms. The summed E-state index contributed by atoms with van der Waals surface area (Å²) in [7, 11) is 7.68. The standard InChI is InChI=1S/C17H30N4O.HI/c1-14(2)20(4)12-11-19-17(18-3)21(5)13-15-9-7-8-10-16(15)22-6;/h7-10,14H,11-13H2,1-6H3,(H,18,19);1H. The molecule has 5 nitrogen and oxygen atoms in total. The van der Waals surface area contributed by atoms with Crippen molar-refractivity contribution in [2.24, 2.45) is 4.99 Å². The van der Waals surface area contributed by atoms with Crippen molar-refractivity contribution in [3.05, 3.63) is 29.8 Å². The molecule has 132 valence electrons. The summed E-state index contributed by atoms with van der Waals surface area (Å²) in [6.07, 6.45) is 0. The summed E-state index contributed by atoms with van der Waals surface area (Å²) in [5.41, 5.74) is 1.15. The molecule has 23 heavy (non-hydrogen) atoms. The summed E-state index contributed by atoms with van der Waals surface area (Å²) in [4.78, 5) is 8.76. The number of halogens is 1. The van der Waals surface area contributed by atoms with Crippen LogP contribution in [0.25, 0.3) is 0 Å². The first kappa shape index (κ1) is 22.0. The summed E-state index contributed by atoms with van der Waals surface area (Å²) in [6, 6.07) is 8.62. The molecule has 0 saturated carbocycles. The van der Waals surface area contributed by atoms with Crippen molar-refractivity contribution >= 4 is 29.9 Å². The first-order valence-electron chi connectivity index (χ1n) is 7.73. The molecule has 0 saturated heterocycles. The van der Waals surface area contributed by atoms with Crippen molar-refractivity contribution in [3.63, 3.8) is 0 Å². The lowest BCUT2D eigenvalue weighted by molar-refractivity contribution is 0.276. The van der Waals surface area contributed by atoms with Crippen LogP contribution in [0, 0.1) is 0 Å². The van der Waals surface area contributed by atoms with Crippen molar-refractivity contribution in [1.29, 1.82) is 0 Å². The Morgan fingerprint density at radius 1 is 1.26 bits per heavy atom. The average Bonchev–Trinajstić information content (AvgIpc) is 2.51. The van der Waals surface area contributed by atoms with Crippen LogP contribution in [0.15, 0.2) is 29.3 Å². The molecular formula is C17H31IN4O. The Kier molecular flexibility index (Phi) is 11.0. The molecule has 0 heterocycles. The zero-order chi connectivity index (χ0) is 16.5. The second kappa shape index (κ2) is 11.5. The molecule has 0 atom stereocenters. The van der Waals surface area contributed by atoms with Gasteiger partial charge in [-0.3, -0.25) is 4.99 Å². The van der Waals surface area contributed by atoms with Crippen LogP contribution >= 0.6 is 24.0 Å². The number of methoxy groups -OCH3 is 1. The molecule has 0 aliphatic rings. The lowest BCUT2D eigenvalue weighted by Crippen LogP contribution is -2.42. The third-order valence-electron chi connectivity index (χ3n) is 3.80. The maximum Gasteiger partial charge on any atom is 0.193 e. The number of aliphatic imine (C=N–C) groups is 1. The Hall–Kier alpha value is -1.02. The highest BCUT2D eigenvalue weighted by molar-refractivity contribution is 14.0. The van der Waals surface area contributed by atoms with Crippen LogP contribution in [0.3, 0.4) is 0 Å². The third-order valence-corrected chi connectivity index (χ3v) is 3.80. The zero-order valence-corrected chi connectivity index (χ0v) is 17.5. The van der Waals surface area contributed by atoms with Crippen LogP contribution < -0.4 is 10.1 Å². The van der Waals surface area contributed by atoms with Gasteiger partial charge in [0.2, 0.25) is 0 Å². The van der Waals surface area contributed by atoms with E-state index >= 15 is 0 Å². The van der Waals surface area contributed by atoms with E-state index in [4.69, 9.17) is 4.74 Å². The molecule has 1 N–H and O–H groups in total. The zero-order valence-electron chi connectivity index (χ0n) is 15.2. The molecule has 0 radical (unpaired) electrons. The Bertz CT molecular complexity index is 479. The number of benzene rings is 1. The minimum atomic E-state index is 0. The van der Waals surface area contributed by atoms with Gasteiger partial charge in [0.05, 0.1) is 7.11 Å². The molecule has 6 heteroatoms. The molecule has 0 aliphatic heterocycles. The molecule has 0 aliphatic carbocycles. The topological polar surface area (TPSA) is 40.1 Å². The fraction of sp³-hybridized carbons (Fsp3) is 0.588. The number of hydrogen-bond acceptors (Lipinski definition) is 3. The van der Waals surface area contributed by atoms with Crippen molar-refractivity contribution in [2.45, 2.75) is 26.4 Å². The number of likely N-dealkylation sites (N-methyl/N-ethyl adjacent to an activating group) is 1. The summed E-state index contributed by atoms with van der Waals surface area (Å²) in [6.45, 7) is 7.01. The van der Waals surface area contributed by atoms with Crippen molar-refractivity contribution in [2.75, 3.05) is 41.3 Å².